The van der Waals surface area contributed by atoms with Gasteiger partial charge in [0.05, 0.1) is 0 Å². The Balaban J connectivity index is 0.00000180. The first-order valence-electron chi connectivity index (χ1n) is 9.74. The Bertz CT molecular complexity index is 844. The van der Waals surface area contributed by atoms with E-state index in [4.69, 9.17) is 0 Å². The van der Waals surface area contributed by atoms with Gasteiger partial charge in [0.2, 0.25) is 10.0 Å². The molecular weight excluding hydrogens is 389 g/mol. The summed E-state index contributed by atoms with van der Waals surface area (Å²) in [4.78, 5) is 14.7. The molecule has 1 radical (unpaired) electrons. The number of rotatable bonds is 4. The zero-order chi connectivity index (χ0) is 17.9. The van der Waals surface area contributed by atoms with E-state index in [0.29, 0.717) is 19.1 Å². The molecule has 2 amide bonds. The first-order valence-corrected chi connectivity index (χ1v) is 11.3. The molecule has 1 aromatic carbocycles. The van der Waals surface area contributed by atoms with Crippen LogP contribution in [0.5, 0.6) is 0 Å². The number of likely N-dealkylation sites (tertiary alicyclic amines) is 1. The average Bonchev–Trinajstić information content (AvgIpc) is 3.06. The Kier molecular flexibility index (Phi) is 5.79. The third-order valence-corrected chi connectivity index (χ3v) is 7.97. The van der Waals surface area contributed by atoms with E-state index in [1.54, 1.807) is 0 Å². The van der Waals surface area contributed by atoms with E-state index in [1.807, 2.05) is 0 Å². The summed E-state index contributed by atoms with van der Waals surface area (Å²) >= 11 is 0. The molecule has 0 spiro atoms. The molecule has 0 atom stereocenters. The number of amides is 2. The third kappa shape index (κ3) is 3.91. The first-order chi connectivity index (χ1) is 12.5. The molecule has 8 heteroatoms. The van der Waals surface area contributed by atoms with Crippen molar-refractivity contribution in [3.05, 3.63) is 28.3 Å². The van der Waals surface area contributed by atoms with E-state index in [-0.39, 0.29) is 51.4 Å². The normalized spacial score (nSPS) is 21.8. The number of hydrogen-bond donors (Lipinski definition) is 2. The van der Waals surface area contributed by atoms with Crippen LogP contribution in [-0.2, 0) is 35.7 Å². The minimum atomic E-state index is -3.61. The number of sulfonamides is 1. The van der Waals surface area contributed by atoms with Gasteiger partial charge in [-0.1, -0.05) is 6.07 Å². The zero-order valence-electron chi connectivity index (χ0n) is 15.9. The minimum absolute atomic E-state index is 0. The molecular formula is C19H25KN3O3S. The van der Waals surface area contributed by atoms with Crippen molar-refractivity contribution in [1.29, 1.82) is 0 Å². The molecule has 1 heterocycles. The van der Waals surface area contributed by atoms with Crippen molar-refractivity contribution < 1.29 is 13.2 Å². The van der Waals surface area contributed by atoms with E-state index >= 15 is 0 Å². The van der Waals surface area contributed by atoms with E-state index in [9.17, 15) is 13.2 Å². The van der Waals surface area contributed by atoms with E-state index in [1.165, 1.54) is 35.1 Å². The van der Waals surface area contributed by atoms with Crippen LogP contribution < -0.4 is 10.0 Å². The third-order valence-electron chi connectivity index (χ3n) is 6.32. The number of aryl methyl sites for hydroxylation is 2. The van der Waals surface area contributed by atoms with Gasteiger partial charge < -0.3 is 5.32 Å². The van der Waals surface area contributed by atoms with E-state index in [0.717, 1.165) is 44.2 Å². The number of carbonyl (C=O) groups excluding carboxylic acids is 1. The molecule has 1 aliphatic heterocycles. The maximum absolute atomic E-state index is 12.5. The summed E-state index contributed by atoms with van der Waals surface area (Å²) < 4.78 is 27.2. The number of anilines is 1. The van der Waals surface area contributed by atoms with Crippen LogP contribution in [0, 0.1) is 0 Å². The second-order valence-electron chi connectivity index (χ2n) is 8.14. The number of urea groups is 1. The Morgan fingerprint density at radius 1 is 1.00 bits per heavy atom. The van der Waals surface area contributed by atoms with Gasteiger partial charge in [0, 0.05) is 76.2 Å². The first kappa shape index (κ1) is 20.3. The summed E-state index contributed by atoms with van der Waals surface area (Å²) in [6.07, 6.45) is 8.58. The van der Waals surface area contributed by atoms with Gasteiger partial charge in [-0.25, -0.2) is 17.9 Å². The van der Waals surface area contributed by atoms with Gasteiger partial charge in [0.25, 0.3) is 0 Å². The van der Waals surface area contributed by atoms with Crippen LogP contribution >= 0.6 is 0 Å². The second kappa shape index (κ2) is 7.70. The second-order valence-corrected chi connectivity index (χ2v) is 10.1. The number of benzene rings is 1. The fourth-order valence-corrected chi connectivity index (χ4v) is 5.97. The summed E-state index contributed by atoms with van der Waals surface area (Å²) in [5, 5.41) is 2.43. The fourth-order valence-electron chi connectivity index (χ4n) is 4.72. The van der Waals surface area contributed by atoms with Gasteiger partial charge in [0.1, 0.15) is 5.25 Å². The molecule has 0 bridgehead atoms. The molecule has 1 aromatic rings. The molecule has 1 saturated carbocycles. The average molecular weight is 415 g/mol. The molecule has 1 saturated heterocycles. The van der Waals surface area contributed by atoms with Gasteiger partial charge in [-0.05, 0) is 73.6 Å². The number of hydrogen-bond acceptors (Lipinski definition) is 4. The summed E-state index contributed by atoms with van der Waals surface area (Å²) in [6, 6.07) is 2.26. The topological polar surface area (TPSA) is 78.5 Å². The maximum Gasteiger partial charge on any atom is 0.332 e. The van der Waals surface area contributed by atoms with Crippen LogP contribution in [-0.4, -0.2) is 95.1 Å². The monoisotopic (exact) mass is 414 g/mol. The molecule has 2 fully saturated rings. The Labute approximate surface area is 203 Å². The quantitative estimate of drug-likeness (QED) is 0.734. The maximum atomic E-state index is 12.5. The van der Waals surface area contributed by atoms with Gasteiger partial charge in [-0.2, -0.15) is 0 Å². The van der Waals surface area contributed by atoms with Crippen LogP contribution in [0.15, 0.2) is 6.07 Å². The number of carbonyl (C=O) groups is 1. The number of nitrogens with zero attached hydrogens (tertiary/aromatic N) is 1. The summed E-state index contributed by atoms with van der Waals surface area (Å²) in [6.45, 7) is 1.09. The predicted octanol–water partition coefficient (Wildman–Crippen LogP) is 1.58. The van der Waals surface area contributed by atoms with Gasteiger partial charge >= 0.3 is 6.03 Å². The Morgan fingerprint density at radius 3 is 2.15 bits per heavy atom. The molecule has 4 aliphatic rings. The summed E-state index contributed by atoms with van der Waals surface area (Å²) in [7, 11) is -3.61. The van der Waals surface area contributed by atoms with Gasteiger partial charge in [-0.15, -0.1) is 0 Å². The Hall–Kier alpha value is 0.0364. The van der Waals surface area contributed by atoms with Crippen molar-refractivity contribution >= 4 is 73.1 Å². The van der Waals surface area contributed by atoms with Crippen molar-refractivity contribution in [2.75, 3.05) is 18.4 Å². The van der Waals surface area contributed by atoms with Crippen molar-refractivity contribution in [3.63, 3.8) is 0 Å². The van der Waals surface area contributed by atoms with Gasteiger partial charge in [-0.3, -0.25) is 4.90 Å². The molecule has 2 N–H and O–H groups in total. The van der Waals surface area contributed by atoms with Crippen molar-refractivity contribution in [2.45, 2.75) is 62.7 Å². The van der Waals surface area contributed by atoms with Gasteiger partial charge in [0.15, 0.2) is 0 Å². The van der Waals surface area contributed by atoms with Crippen molar-refractivity contribution in [1.82, 2.24) is 9.62 Å². The molecule has 0 aromatic heterocycles. The molecule has 141 valence electrons. The molecule has 27 heavy (non-hydrogen) atoms. The zero-order valence-corrected chi connectivity index (χ0v) is 19.8. The van der Waals surface area contributed by atoms with Crippen molar-refractivity contribution in [2.24, 2.45) is 0 Å². The molecule has 6 nitrogen and oxygen atoms in total. The molecule has 5 rings (SSSR count). The number of nitrogens with one attached hydrogen (secondary N) is 2. The smallest absolute Gasteiger partial charge is 0.307 e. The van der Waals surface area contributed by atoms with Crippen LogP contribution in [0.2, 0.25) is 0 Å². The summed E-state index contributed by atoms with van der Waals surface area (Å²) in [5.41, 5.74) is 5.95. The van der Waals surface area contributed by atoms with Crippen molar-refractivity contribution in [3.8, 4) is 0 Å². The molecule has 3 aliphatic carbocycles. The SMILES string of the molecule is O=C(Nc1c2c(cc3c1CCC3)CCC2)NS(=O)(=O)C1CN(C2CC2)C1.[K]. The largest absolute Gasteiger partial charge is 0.332 e. The van der Waals surface area contributed by atoms with E-state index < -0.39 is 21.3 Å². The fraction of sp³-hybridized carbons (Fsp3) is 0.632. The van der Waals surface area contributed by atoms with Crippen LogP contribution in [0.25, 0.3) is 0 Å². The van der Waals surface area contributed by atoms with Crippen LogP contribution in [0.3, 0.4) is 0 Å². The van der Waals surface area contributed by atoms with E-state index in [2.05, 4.69) is 21.0 Å². The molecule has 0 unspecified atom stereocenters. The standard InChI is InChI=1S/C19H25N3O3S.K/c23-19(21-26(24,25)15-10-22(11-15)14-7-8-14)20-18-16-5-1-3-12(16)9-13-4-2-6-17(13)18;/h9,14-15H,1-8,10-11H2,(H2,20,21,23);. The van der Waals surface area contributed by atoms with Crippen LogP contribution in [0.4, 0.5) is 10.5 Å². The minimum Gasteiger partial charge on any atom is -0.307 e. The Morgan fingerprint density at radius 2 is 1.59 bits per heavy atom. The van der Waals surface area contributed by atoms with Crippen LogP contribution in [0.1, 0.15) is 47.9 Å². The predicted molar refractivity (Wildman–Crippen MR) is 106 cm³/mol. The number of fused-ring (bicyclic) bond motifs is 2. The summed E-state index contributed by atoms with van der Waals surface area (Å²) in [5.74, 6) is 0.